The highest BCUT2D eigenvalue weighted by Gasteiger charge is 2.44. The van der Waals surface area contributed by atoms with Gasteiger partial charge in [0, 0.05) is 5.92 Å². The summed E-state index contributed by atoms with van der Waals surface area (Å²) in [5, 5.41) is 0. The fourth-order valence-electron chi connectivity index (χ4n) is 2.42. The first-order valence-corrected chi connectivity index (χ1v) is 7.93. The van der Waals surface area contributed by atoms with Crippen molar-refractivity contribution in [2.75, 3.05) is 6.61 Å². The first-order chi connectivity index (χ1) is 10.8. The Labute approximate surface area is 137 Å². The highest BCUT2D eigenvalue weighted by molar-refractivity contribution is 5.32. The van der Waals surface area contributed by atoms with E-state index in [1.54, 1.807) is 0 Å². The topological polar surface area (TPSA) is 9.23 Å². The molecule has 0 aliphatic rings. The van der Waals surface area contributed by atoms with Crippen molar-refractivity contribution in [3.05, 3.63) is 71.8 Å². The van der Waals surface area contributed by atoms with Crippen LogP contribution in [0, 0.1) is 5.41 Å². The van der Waals surface area contributed by atoms with Gasteiger partial charge < -0.3 is 4.74 Å². The van der Waals surface area contributed by atoms with Crippen LogP contribution in [0.5, 0.6) is 0 Å². The molecule has 2 aromatic rings. The lowest BCUT2D eigenvalue weighted by Crippen LogP contribution is -2.37. The first-order valence-electron chi connectivity index (χ1n) is 7.93. The van der Waals surface area contributed by atoms with Crippen molar-refractivity contribution in [3.63, 3.8) is 0 Å². The van der Waals surface area contributed by atoms with E-state index in [-0.39, 0.29) is 12.5 Å². The first kappa shape index (κ1) is 17.6. The molecule has 1 nitrogen and oxygen atoms in total. The normalized spacial score (nSPS) is 12.6. The van der Waals surface area contributed by atoms with Crippen LogP contribution in [0.1, 0.15) is 44.2 Å². The van der Waals surface area contributed by atoms with Crippen molar-refractivity contribution in [3.8, 4) is 0 Å². The van der Waals surface area contributed by atoms with E-state index in [1.165, 1.54) is 20.8 Å². The third kappa shape index (κ3) is 4.61. The van der Waals surface area contributed by atoms with Crippen LogP contribution < -0.4 is 0 Å². The minimum absolute atomic E-state index is 0.0126. The highest BCUT2D eigenvalue weighted by atomic mass is 19.3. The lowest BCUT2D eigenvalue weighted by Gasteiger charge is -2.30. The SMILES string of the molecule is CC(C)(C)C(F)(F)OCCC(c1ccccc1)c1ccccc1. The number of halogens is 2. The molecule has 0 fully saturated rings. The molecule has 124 valence electrons. The molecule has 0 amide bonds. The van der Waals surface area contributed by atoms with Crippen molar-refractivity contribution in [1.29, 1.82) is 0 Å². The average Bonchev–Trinajstić information content (AvgIpc) is 2.52. The monoisotopic (exact) mass is 318 g/mol. The van der Waals surface area contributed by atoms with Crippen molar-refractivity contribution in [2.45, 2.75) is 39.2 Å². The van der Waals surface area contributed by atoms with Gasteiger partial charge >= 0.3 is 6.11 Å². The van der Waals surface area contributed by atoms with E-state index in [2.05, 4.69) is 0 Å². The van der Waals surface area contributed by atoms with Gasteiger partial charge in [0.05, 0.1) is 12.0 Å². The van der Waals surface area contributed by atoms with E-state index in [1.807, 2.05) is 60.7 Å². The number of benzene rings is 2. The van der Waals surface area contributed by atoms with Crippen LogP contribution in [-0.4, -0.2) is 12.7 Å². The summed E-state index contributed by atoms with van der Waals surface area (Å²) in [4.78, 5) is 0. The molecule has 0 spiro atoms. The van der Waals surface area contributed by atoms with Crippen LogP contribution in [0.2, 0.25) is 0 Å². The van der Waals surface area contributed by atoms with E-state index < -0.39 is 11.5 Å². The van der Waals surface area contributed by atoms with Gasteiger partial charge in [-0.05, 0) is 17.5 Å². The maximum absolute atomic E-state index is 14.0. The molecule has 0 aliphatic carbocycles. The van der Waals surface area contributed by atoms with Gasteiger partial charge in [-0.25, -0.2) is 0 Å². The minimum atomic E-state index is -3.13. The molecular formula is C20H24F2O. The molecule has 0 heterocycles. The van der Waals surface area contributed by atoms with E-state index in [0.29, 0.717) is 6.42 Å². The van der Waals surface area contributed by atoms with Gasteiger partial charge in [0.2, 0.25) is 0 Å². The lowest BCUT2D eigenvalue weighted by molar-refractivity contribution is -0.295. The minimum Gasteiger partial charge on any atom is -0.320 e. The maximum atomic E-state index is 14.0. The van der Waals surface area contributed by atoms with Gasteiger partial charge in [-0.2, -0.15) is 8.78 Å². The molecule has 0 unspecified atom stereocenters. The van der Waals surface area contributed by atoms with Gasteiger partial charge in [0.1, 0.15) is 0 Å². The Hall–Kier alpha value is -1.74. The molecule has 0 N–H and O–H groups in total. The Balaban J connectivity index is 2.11. The molecule has 3 heteroatoms. The smallest absolute Gasteiger partial charge is 0.320 e. The van der Waals surface area contributed by atoms with E-state index >= 15 is 0 Å². The molecular weight excluding hydrogens is 294 g/mol. The highest BCUT2D eigenvalue weighted by Crippen LogP contribution is 2.37. The quantitative estimate of drug-likeness (QED) is 0.648. The lowest BCUT2D eigenvalue weighted by atomic mass is 9.89. The molecule has 2 aromatic carbocycles. The Morgan fingerprint density at radius 2 is 1.26 bits per heavy atom. The second kappa shape index (κ2) is 7.22. The largest absolute Gasteiger partial charge is 0.360 e. The summed E-state index contributed by atoms with van der Waals surface area (Å²) >= 11 is 0. The zero-order valence-electron chi connectivity index (χ0n) is 13.9. The number of rotatable bonds is 6. The summed E-state index contributed by atoms with van der Waals surface area (Å²) in [5.74, 6) is 0.0492. The molecule has 2 rings (SSSR count). The van der Waals surface area contributed by atoms with Crippen LogP contribution in [0.4, 0.5) is 8.78 Å². The molecule has 0 atom stereocenters. The predicted molar refractivity (Wildman–Crippen MR) is 89.7 cm³/mol. The number of ether oxygens (including phenoxy) is 1. The summed E-state index contributed by atoms with van der Waals surface area (Å²) in [7, 11) is 0. The second-order valence-electron chi connectivity index (χ2n) is 6.78. The standard InChI is InChI=1S/C20H24F2O/c1-19(2,3)20(21,22)23-15-14-18(16-10-6-4-7-11-16)17-12-8-5-9-13-17/h4-13,18H,14-15H2,1-3H3. The van der Waals surface area contributed by atoms with E-state index in [9.17, 15) is 8.78 Å². The Morgan fingerprint density at radius 3 is 1.65 bits per heavy atom. The number of hydrogen-bond donors (Lipinski definition) is 0. The molecule has 0 saturated carbocycles. The molecule has 0 bridgehead atoms. The van der Waals surface area contributed by atoms with Crippen LogP contribution in [0.3, 0.4) is 0 Å². The Bertz CT molecular complexity index is 549. The van der Waals surface area contributed by atoms with Crippen LogP contribution in [0.25, 0.3) is 0 Å². The van der Waals surface area contributed by atoms with E-state index in [0.717, 1.165) is 11.1 Å². The van der Waals surface area contributed by atoms with Crippen molar-refractivity contribution < 1.29 is 13.5 Å². The van der Waals surface area contributed by atoms with Gasteiger partial charge in [-0.1, -0.05) is 81.4 Å². The fourth-order valence-corrected chi connectivity index (χ4v) is 2.42. The third-order valence-corrected chi connectivity index (χ3v) is 3.97. The van der Waals surface area contributed by atoms with Gasteiger partial charge in [-0.15, -0.1) is 0 Å². The predicted octanol–water partition coefficient (Wildman–Crippen LogP) is 5.86. The third-order valence-electron chi connectivity index (χ3n) is 3.97. The Kier molecular flexibility index (Phi) is 5.53. The van der Waals surface area contributed by atoms with Crippen LogP contribution in [-0.2, 0) is 4.74 Å². The van der Waals surface area contributed by atoms with Crippen molar-refractivity contribution in [1.82, 2.24) is 0 Å². The summed E-state index contributed by atoms with van der Waals surface area (Å²) in [5.41, 5.74) is 1.02. The molecule has 0 saturated heterocycles. The fraction of sp³-hybridized carbons (Fsp3) is 0.400. The zero-order chi connectivity index (χ0) is 16.9. The van der Waals surface area contributed by atoms with Gasteiger partial charge in [0.25, 0.3) is 0 Å². The Morgan fingerprint density at radius 1 is 0.826 bits per heavy atom. The van der Waals surface area contributed by atoms with Gasteiger partial charge in [0.15, 0.2) is 0 Å². The number of hydrogen-bond acceptors (Lipinski definition) is 1. The molecule has 23 heavy (non-hydrogen) atoms. The van der Waals surface area contributed by atoms with Crippen molar-refractivity contribution >= 4 is 0 Å². The summed E-state index contributed by atoms with van der Waals surface area (Å²) in [6, 6.07) is 19.9. The van der Waals surface area contributed by atoms with E-state index in [4.69, 9.17) is 4.74 Å². The summed E-state index contributed by atoms with van der Waals surface area (Å²) in [6.07, 6.45) is -2.62. The average molecular weight is 318 g/mol. The summed E-state index contributed by atoms with van der Waals surface area (Å²) in [6.45, 7) is 4.47. The maximum Gasteiger partial charge on any atom is 0.360 e. The molecule has 0 aliphatic heterocycles. The van der Waals surface area contributed by atoms with Crippen LogP contribution >= 0.6 is 0 Å². The second-order valence-corrected chi connectivity index (χ2v) is 6.78. The van der Waals surface area contributed by atoms with Crippen LogP contribution in [0.15, 0.2) is 60.7 Å². The molecule has 0 aromatic heterocycles. The molecule has 0 radical (unpaired) electrons. The van der Waals surface area contributed by atoms with Gasteiger partial charge in [-0.3, -0.25) is 0 Å². The number of alkyl halides is 2. The summed E-state index contributed by atoms with van der Waals surface area (Å²) < 4.78 is 32.9. The zero-order valence-corrected chi connectivity index (χ0v) is 13.9. The van der Waals surface area contributed by atoms with Crippen molar-refractivity contribution in [2.24, 2.45) is 5.41 Å².